The first-order chi connectivity index (χ1) is 31.8. The van der Waals surface area contributed by atoms with Gasteiger partial charge in [0.2, 0.25) is 0 Å². The van der Waals surface area contributed by atoms with Gasteiger partial charge in [-0.15, -0.1) is 0 Å². The fraction of sp³-hybridized carbons (Fsp3) is 0.949. The molecule has 0 spiro atoms. The molecular weight excluding hydrogens is 805 g/mol. The van der Waals surface area contributed by atoms with E-state index in [9.17, 15) is 14.4 Å². The molecule has 0 aliphatic heterocycles. The molecule has 0 saturated carbocycles. The van der Waals surface area contributed by atoms with Crippen molar-refractivity contribution in [3.63, 3.8) is 0 Å². The van der Waals surface area contributed by atoms with E-state index >= 15 is 0 Å². The van der Waals surface area contributed by atoms with E-state index in [1.54, 1.807) is 0 Å². The molecular formula is C59H114O6. The van der Waals surface area contributed by atoms with E-state index in [0.717, 1.165) is 69.6 Å². The average molecular weight is 920 g/mol. The molecule has 0 aromatic rings. The Bertz CT molecular complexity index is 995. The SMILES string of the molecule is CCCCCCCCCCCCCCCCCCCCC(=O)OC[C@@H](COC(=O)CCCCCCCCCCC(C)CC)OC(=O)CCCCCCCCCCCCCCCCC(C)C. The maximum atomic E-state index is 12.9. The standard InChI is InChI=1S/C59H114O6/c1-6-8-9-10-11-12-13-14-15-16-17-18-22-25-28-34-39-44-49-57(60)63-52-56(53-64-58(61)50-45-40-35-31-30-33-38-43-48-55(5)7-2)65-59(62)51-46-41-36-29-26-23-20-19-21-24-27-32-37-42-47-54(3)4/h54-56H,6-53H2,1-5H3/t55?,56-/m0/s1. The third-order valence-corrected chi connectivity index (χ3v) is 13.8. The van der Waals surface area contributed by atoms with Crippen molar-refractivity contribution in [2.45, 2.75) is 336 Å². The molecule has 0 radical (unpaired) electrons. The number of esters is 3. The van der Waals surface area contributed by atoms with E-state index in [1.807, 2.05) is 0 Å². The zero-order valence-electron chi connectivity index (χ0n) is 44.6. The van der Waals surface area contributed by atoms with Crippen molar-refractivity contribution in [1.29, 1.82) is 0 Å². The summed E-state index contributed by atoms with van der Waals surface area (Å²) in [5.41, 5.74) is 0. The van der Waals surface area contributed by atoms with Gasteiger partial charge in [-0.2, -0.15) is 0 Å². The second kappa shape index (κ2) is 51.8. The second-order valence-corrected chi connectivity index (χ2v) is 21.0. The summed E-state index contributed by atoms with van der Waals surface area (Å²) in [4.78, 5) is 38.1. The maximum absolute atomic E-state index is 12.9. The molecule has 0 fully saturated rings. The summed E-state index contributed by atoms with van der Waals surface area (Å²) in [5.74, 6) is 0.851. The van der Waals surface area contributed by atoms with Crippen LogP contribution in [0.15, 0.2) is 0 Å². The Morgan fingerprint density at radius 1 is 0.323 bits per heavy atom. The highest BCUT2D eigenvalue weighted by molar-refractivity contribution is 5.71. The van der Waals surface area contributed by atoms with Crippen molar-refractivity contribution in [3.8, 4) is 0 Å². The first-order valence-electron chi connectivity index (χ1n) is 29.3. The summed E-state index contributed by atoms with van der Waals surface area (Å²) in [6, 6.07) is 0. The predicted molar refractivity (Wildman–Crippen MR) is 280 cm³/mol. The van der Waals surface area contributed by atoms with Gasteiger partial charge in [-0.25, -0.2) is 0 Å². The number of hydrogen-bond acceptors (Lipinski definition) is 6. The highest BCUT2D eigenvalue weighted by atomic mass is 16.6. The largest absolute Gasteiger partial charge is 0.462 e. The molecule has 0 aliphatic rings. The Kier molecular flexibility index (Phi) is 50.5. The number of ether oxygens (including phenoxy) is 3. The van der Waals surface area contributed by atoms with Gasteiger partial charge in [0.05, 0.1) is 0 Å². The van der Waals surface area contributed by atoms with Crippen LogP contribution < -0.4 is 0 Å². The Morgan fingerprint density at radius 2 is 0.585 bits per heavy atom. The third kappa shape index (κ3) is 51.6. The van der Waals surface area contributed by atoms with Crippen molar-refractivity contribution in [3.05, 3.63) is 0 Å². The quantitative estimate of drug-likeness (QED) is 0.0344. The highest BCUT2D eigenvalue weighted by Gasteiger charge is 2.19. The van der Waals surface area contributed by atoms with E-state index in [4.69, 9.17) is 14.2 Å². The fourth-order valence-corrected chi connectivity index (χ4v) is 9.02. The van der Waals surface area contributed by atoms with Crippen molar-refractivity contribution in [1.82, 2.24) is 0 Å². The van der Waals surface area contributed by atoms with Crippen molar-refractivity contribution in [2.24, 2.45) is 11.8 Å². The van der Waals surface area contributed by atoms with Gasteiger partial charge in [0, 0.05) is 19.3 Å². The van der Waals surface area contributed by atoms with Crippen LogP contribution in [0.2, 0.25) is 0 Å². The average Bonchev–Trinajstić information content (AvgIpc) is 3.29. The lowest BCUT2D eigenvalue weighted by atomic mass is 9.99. The van der Waals surface area contributed by atoms with Crippen LogP contribution in [0, 0.1) is 11.8 Å². The minimum absolute atomic E-state index is 0.0629. The molecule has 0 heterocycles. The minimum Gasteiger partial charge on any atom is -0.462 e. The molecule has 1 unspecified atom stereocenters. The molecule has 6 heteroatoms. The van der Waals surface area contributed by atoms with Gasteiger partial charge < -0.3 is 14.2 Å². The molecule has 0 N–H and O–H groups in total. The molecule has 0 aliphatic carbocycles. The monoisotopic (exact) mass is 919 g/mol. The normalized spacial score (nSPS) is 12.5. The predicted octanol–water partition coefficient (Wildman–Crippen LogP) is 19.3. The van der Waals surface area contributed by atoms with Crippen LogP contribution >= 0.6 is 0 Å². The van der Waals surface area contributed by atoms with E-state index in [2.05, 4.69) is 34.6 Å². The van der Waals surface area contributed by atoms with Gasteiger partial charge in [-0.05, 0) is 31.1 Å². The number of carbonyl (C=O) groups excluding carboxylic acids is 3. The Balaban J connectivity index is 4.28. The topological polar surface area (TPSA) is 78.9 Å². The molecule has 6 nitrogen and oxygen atoms in total. The van der Waals surface area contributed by atoms with Crippen molar-refractivity contribution >= 4 is 17.9 Å². The zero-order valence-corrected chi connectivity index (χ0v) is 44.6. The van der Waals surface area contributed by atoms with Gasteiger partial charge in [0.25, 0.3) is 0 Å². The van der Waals surface area contributed by atoms with Crippen molar-refractivity contribution < 1.29 is 28.6 Å². The highest BCUT2D eigenvalue weighted by Crippen LogP contribution is 2.19. The number of unbranched alkanes of at least 4 members (excludes halogenated alkanes) is 37. The van der Waals surface area contributed by atoms with Crippen LogP contribution in [0.1, 0.15) is 330 Å². The van der Waals surface area contributed by atoms with Gasteiger partial charge in [-0.3, -0.25) is 14.4 Å². The van der Waals surface area contributed by atoms with Crippen LogP contribution in [0.25, 0.3) is 0 Å². The Hall–Kier alpha value is -1.59. The van der Waals surface area contributed by atoms with Crippen LogP contribution in [-0.2, 0) is 28.6 Å². The Morgan fingerprint density at radius 3 is 0.877 bits per heavy atom. The molecule has 0 aromatic heterocycles. The van der Waals surface area contributed by atoms with Crippen molar-refractivity contribution in [2.75, 3.05) is 13.2 Å². The van der Waals surface area contributed by atoms with E-state index in [-0.39, 0.29) is 31.1 Å². The van der Waals surface area contributed by atoms with E-state index in [0.29, 0.717) is 19.3 Å². The van der Waals surface area contributed by atoms with Gasteiger partial charge >= 0.3 is 17.9 Å². The lowest BCUT2D eigenvalue weighted by molar-refractivity contribution is -0.167. The van der Waals surface area contributed by atoms with Crippen LogP contribution in [0.3, 0.4) is 0 Å². The lowest BCUT2D eigenvalue weighted by Crippen LogP contribution is -2.30. The number of rotatable bonds is 53. The molecule has 0 rings (SSSR count). The smallest absolute Gasteiger partial charge is 0.306 e. The summed E-state index contributed by atoms with van der Waals surface area (Å²) < 4.78 is 16.9. The summed E-state index contributed by atoms with van der Waals surface area (Å²) in [6.07, 6.45) is 55.2. The first kappa shape index (κ1) is 63.4. The van der Waals surface area contributed by atoms with Crippen LogP contribution in [-0.4, -0.2) is 37.2 Å². The van der Waals surface area contributed by atoms with E-state index < -0.39 is 6.10 Å². The second-order valence-electron chi connectivity index (χ2n) is 21.0. The summed E-state index contributed by atoms with van der Waals surface area (Å²) in [6.45, 7) is 11.4. The molecule has 65 heavy (non-hydrogen) atoms. The molecule has 386 valence electrons. The summed E-state index contributed by atoms with van der Waals surface area (Å²) in [7, 11) is 0. The first-order valence-corrected chi connectivity index (χ1v) is 29.3. The molecule has 0 saturated heterocycles. The molecule has 0 amide bonds. The van der Waals surface area contributed by atoms with E-state index in [1.165, 1.54) is 218 Å². The molecule has 0 aromatic carbocycles. The summed E-state index contributed by atoms with van der Waals surface area (Å²) in [5, 5.41) is 0. The minimum atomic E-state index is -0.763. The number of hydrogen-bond donors (Lipinski definition) is 0. The third-order valence-electron chi connectivity index (χ3n) is 13.8. The Labute approximate surface area is 406 Å². The molecule has 0 bridgehead atoms. The molecule has 2 atom stereocenters. The van der Waals surface area contributed by atoms with Gasteiger partial charge in [-0.1, -0.05) is 291 Å². The fourth-order valence-electron chi connectivity index (χ4n) is 9.02. The van der Waals surface area contributed by atoms with Crippen LogP contribution in [0.5, 0.6) is 0 Å². The lowest BCUT2D eigenvalue weighted by Gasteiger charge is -2.18. The van der Waals surface area contributed by atoms with Crippen LogP contribution in [0.4, 0.5) is 0 Å². The zero-order chi connectivity index (χ0) is 47.5. The van der Waals surface area contributed by atoms with Gasteiger partial charge in [0.1, 0.15) is 13.2 Å². The van der Waals surface area contributed by atoms with Gasteiger partial charge in [0.15, 0.2) is 6.10 Å². The summed E-state index contributed by atoms with van der Waals surface area (Å²) >= 11 is 0. The number of carbonyl (C=O) groups is 3. The maximum Gasteiger partial charge on any atom is 0.306 e.